The van der Waals surface area contributed by atoms with Crippen LogP contribution in [-0.4, -0.2) is 47.4 Å². The Morgan fingerprint density at radius 2 is 1.56 bits per heavy atom. The number of rotatable bonds is 13. The van der Waals surface area contributed by atoms with Crippen molar-refractivity contribution < 1.29 is 23.4 Å². The third kappa shape index (κ3) is 8.26. The maximum Gasteiger partial charge on any atom is 0.192 e. The molecule has 0 amide bonds. The number of fused-ring (bicyclic) bond motifs is 4. The van der Waals surface area contributed by atoms with Crippen LogP contribution in [0.1, 0.15) is 103 Å². The number of aliphatic hydroxyl groups excluding tert-OH is 1. The first-order chi connectivity index (χ1) is 21.0. The molecule has 0 unspecified atom stereocenters. The van der Waals surface area contributed by atoms with Gasteiger partial charge in [0.2, 0.25) is 0 Å². The van der Waals surface area contributed by atoms with Crippen LogP contribution in [0.15, 0.2) is 46.6 Å². The molecule has 1 aromatic carbocycles. The Morgan fingerprint density at radius 3 is 2.18 bits per heavy atom. The Labute approximate surface area is 276 Å². The molecule has 0 fully saturated rings. The second kappa shape index (κ2) is 14.2. The van der Waals surface area contributed by atoms with Gasteiger partial charge in [0.1, 0.15) is 13.8 Å². The van der Waals surface area contributed by atoms with Gasteiger partial charge in [0.15, 0.2) is 8.32 Å². The SMILES string of the molecule is COc1ccc(COCCCCCCC2=C[C@H]3c4coc([Si](C)(C)C(C)(C)C)c4C[C@@H](O[Si](C)(C)C(C)(C)C)[C@@H](C2)[C@@H]3O)cc1. The molecule has 0 radical (unpaired) electrons. The number of hydrogen-bond acceptors (Lipinski definition) is 5. The Balaban J connectivity index is 1.44. The molecule has 2 aliphatic rings. The maximum absolute atomic E-state index is 11.9. The summed E-state index contributed by atoms with van der Waals surface area (Å²) >= 11 is 0. The normalized spacial score (nSPS) is 22.5. The van der Waals surface area contributed by atoms with Crippen molar-refractivity contribution in [2.45, 2.75) is 147 Å². The van der Waals surface area contributed by atoms with Crippen molar-refractivity contribution in [1.29, 1.82) is 0 Å². The highest BCUT2D eigenvalue weighted by Crippen LogP contribution is 2.48. The quantitative estimate of drug-likeness (QED) is 0.132. The molecule has 5 nitrogen and oxygen atoms in total. The van der Waals surface area contributed by atoms with E-state index in [0.717, 1.165) is 38.0 Å². The number of furan rings is 1. The lowest BCUT2D eigenvalue weighted by atomic mass is 9.75. The summed E-state index contributed by atoms with van der Waals surface area (Å²) < 4.78 is 24.9. The van der Waals surface area contributed by atoms with Gasteiger partial charge in [-0.3, -0.25) is 0 Å². The van der Waals surface area contributed by atoms with E-state index in [0.29, 0.717) is 6.61 Å². The molecule has 0 saturated carbocycles. The second-order valence-electron chi connectivity index (χ2n) is 16.8. The Kier molecular flexibility index (Phi) is 11.4. The first-order valence-corrected chi connectivity index (χ1v) is 23.2. The summed E-state index contributed by atoms with van der Waals surface area (Å²) in [6.07, 6.45) is 11.4. The molecule has 0 saturated heterocycles. The molecule has 7 heteroatoms. The largest absolute Gasteiger partial charge is 0.497 e. The van der Waals surface area contributed by atoms with Gasteiger partial charge in [0.25, 0.3) is 0 Å². The fourth-order valence-corrected chi connectivity index (χ4v) is 9.93. The fraction of sp³-hybridized carbons (Fsp3) is 0.684. The molecule has 45 heavy (non-hydrogen) atoms. The van der Waals surface area contributed by atoms with Crippen LogP contribution in [0.5, 0.6) is 5.75 Å². The van der Waals surface area contributed by atoms with Crippen LogP contribution in [0.4, 0.5) is 0 Å². The molecule has 2 aliphatic carbocycles. The minimum Gasteiger partial charge on any atom is -0.497 e. The number of methoxy groups -OCH3 is 1. The number of hydrogen-bond donors (Lipinski definition) is 1. The number of unbranched alkanes of at least 4 members (excludes halogenated alkanes) is 3. The highest BCUT2D eigenvalue weighted by Gasteiger charge is 2.50. The first kappa shape index (κ1) is 36.2. The molecule has 2 bridgehead atoms. The van der Waals surface area contributed by atoms with Gasteiger partial charge in [-0.05, 0) is 72.1 Å². The lowest BCUT2D eigenvalue weighted by Gasteiger charge is -2.43. The lowest BCUT2D eigenvalue weighted by Crippen LogP contribution is -2.51. The molecule has 1 aromatic heterocycles. The van der Waals surface area contributed by atoms with E-state index in [9.17, 15) is 5.11 Å². The fourth-order valence-electron chi connectivity index (χ4n) is 6.53. The number of allylic oxidation sites excluding steroid dienone is 1. The van der Waals surface area contributed by atoms with E-state index in [1.54, 1.807) is 7.11 Å². The molecule has 4 rings (SSSR count). The van der Waals surface area contributed by atoms with Crippen LogP contribution in [0.25, 0.3) is 0 Å². The maximum atomic E-state index is 11.9. The average molecular weight is 655 g/mol. The number of aliphatic hydroxyl groups is 1. The van der Waals surface area contributed by atoms with Crippen LogP contribution >= 0.6 is 0 Å². The van der Waals surface area contributed by atoms with Crippen molar-refractivity contribution in [3.05, 3.63) is 58.9 Å². The number of benzene rings is 1. The second-order valence-corrected chi connectivity index (χ2v) is 26.7. The zero-order chi connectivity index (χ0) is 33.2. The smallest absolute Gasteiger partial charge is 0.192 e. The zero-order valence-corrected chi connectivity index (χ0v) is 32.2. The van der Waals surface area contributed by atoms with Crippen LogP contribution in [0.3, 0.4) is 0 Å². The van der Waals surface area contributed by atoms with Crippen molar-refractivity contribution >= 4 is 21.8 Å². The van der Waals surface area contributed by atoms with E-state index >= 15 is 0 Å². The Bertz CT molecular complexity index is 1280. The molecule has 2 aromatic rings. The molecule has 1 N–H and O–H groups in total. The third-order valence-electron chi connectivity index (χ3n) is 11.5. The topological polar surface area (TPSA) is 61.1 Å². The van der Waals surface area contributed by atoms with E-state index in [2.05, 4.69) is 85.9 Å². The molecule has 252 valence electrons. The van der Waals surface area contributed by atoms with E-state index in [-0.39, 0.29) is 28.0 Å². The van der Waals surface area contributed by atoms with Crippen molar-refractivity contribution in [2.24, 2.45) is 5.92 Å². The molecular weight excluding hydrogens is 593 g/mol. The molecule has 0 aliphatic heterocycles. The van der Waals surface area contributed by atoms with Crippen molar-refractivity contribution in [1.82, 2.24) is 0 Å². The van der Waals surface area contributed by atoms with Crippen LogP contribution in [-0.2, 0) is 22.2 Å². The van der Waals surface area contributed by atoms with Gasteiger partial charge < -0.3 is 23.4 Å². The summed E-state index contributed by atoms with van der Waals surface area (Å²) in [7, 11) is -2.30. The lowest BCUT2D eigenvalue weighted by molar-refractivity contribution is 0.0112. The average Bonchev–Trinajstić information content (AvgIpc) is 3.35. The van der Waals surface area contributed by atoms with E-state index in [4.69, 9.17) is 18.3 Å². The van der Waals surface area contributed by atoms with E-state index in [1.807, 2.05) is 18.4 Å². The third-order valence-corrected chi connectivity index (χ3v) is 21.4. The van der Waals surface area contributed by atoms with Gasteiger partial charge in [0, 0.05) is 30.4 Å². The van der Waals surface area contributed by atoms with Crippen LogP contribution in [0.2, 0.25) is 36.3 Å². The predicted molar refractivity (Wildman–Crippen MR) is 192 cm³/mol. The summed E-state index contributed by atoms with van der Waals surface area (Å²) in [5.74, 6) is 0.964. The number of ether oxygens (including phenoxy) is 2. The van der Waals surface area contributed by atoms with Crippen LogP contribution < -0.4 is 10.1 Å². The summed E-state index contributed by atoms with van der Waals surface area (Å²) in [6.45, 7) is 25.0. The van der Waals surface area contributed by atoms with Crippen molar-refractivity contribution in [3.63, 3.8) is 0 Å². The Morgan fingerprint density at radius 1 is 0.889 bits per heavy atom. The Hall–Kier alpha value is -1.65. The van der Waals surface area contributed by atoms with E-state index in [1.165, 1.54) is 46.9 Å². The molecular formula is C38H62O5Si2. The van der Waals surface area contributed by atoms with Gasteiger partial charge in [-0.25, -0.2) is 0 Å². The van der Waals surface area contributed by atoms with Gasteiger partial charge in [-0.1, -0.05) is 91.3 Å². The van der Waals surface area contributed by atoms with Crippen LogP contribution in [0, 0.1) is 5.92 Å². The standard InChI is InChI=1S/C38H62O5Si2/c1-37(2,3)44(8,9)36-31-24-34(43-45(10,11)38(4,5)6)32-23-28(22-30(35(32)39)33(31)26-42-36)16-14-12-13-15-21-41-25-27-17-19-29(40-7)20-18-27/h17-20,22,26,30,32,34-35,39H,12-16,21,23-25H2,1-11H3/t30-,32+,34+,35+/m0/s1. The highest BCUT2D eigenvalue weighted by atomic mass is 28.4. The molecule has 4 atom stereocenters. The molecule has 0 spiro atoms. The van der Waals surface area contributed by atoms with Crippen molar-refractivity contribution in [2.75, 3.05) is 13.7 Å². The highest BCUT2D eigenvalue weighted by molar-refractivity contribution is 6.91. The van der Waals surface area contributed by atoms with Crippen molar-refractivity contribution in [3.8, 4) is 5.75 Å². The van der Waals surface area contributed by atoms with E-state index < -0.39 is 22.5 Å². The van der Waals surface area contributed by atoms with Gasteiger partial charge >= 0.3 is 0 Å². The van der Waals surface area contributed by atoms with Gasteiger partial charge in [-0.2, -0.15) is 0 Å². The molecule has 1 heterocycles. The summed E-state index contributed by atoms with van der Waals surface area (Å²) in [4.78, 5) is 0. The predicted octanol–water partition coefficient (Wildman–Crippen LogP) is 9.51. The van der Waals surface area contributed by atoms with Gasteiger partial charge in [-0.15, -0.1) is 0 Å². The summed E-state index contributed by atoms with van der Waals surface area (Å²) in [5.41, 5.74) is 5.21. The minimum absolute atomic E-state index is 0.00249. The first-order valence-electron chi connectivity index (χ1n) is 17.3. The zero-order valence-electron chi connectivity index (χ0n) is 30.2. The monoisotopic (exact) mass is 654 g/mol. The minimum atomic E-state index is -2.06. The summed E-state index contributed by atoms with van der Waals surface area (Å²) in [5, 5.41) is 13.4. The summed E-state index contributed by atoms with van der Waals surface area (Å²) in [6, 6.07) is 8.09. The van der Waals surface area contributed by atoms with Gasteiger partial charge in [0.05, 0.1) is 37.6 Å².